The number of pyridine rings is 2. The van der Waals surface area contributed by atoms with Crippen molar-refractivity contribution in [3.8, 4) is 0 Å². The highest BCUT2D eigenvalue weighted by molar-refractivity contribution is 6.05. The Hall–Kier alpha value is -2.96. The lowest BCUT2D eigenvalue weighted by molar-refractivity contribution is 0.0952. The number of aryl methyl sites for hydroxylation is 3. The number of H-pyrrole nitrogens is 1. The first-order valence-corrected chi connectivity index (χ1v) is 8.60. The van der Waals surface area contributed by atoms with E-state index in [0.29, 0.717) is 22.2 Å². The van der Waals surface area contributed by atoms with Crippen molar-refractivity contribution in [3.05, 3.63) is 56.8 Å². The number of rotatable bonds is 4. The van der Waals surface area contributed by atoms with Gasteiger partial charge in [-0.15, -0.1) is 0 Å². The highest BCUT2D eigenvalue weighted by Gasteiger charge is 2.17. The van der Waals surface area contributed by atoms with Crippen molar-refractivity contribution in [2.75, 3.05) is 0 Å². The van der Waals surface area contributed by atoms with Crippen LogP contribution in [0.4, 0.5) is 0 Å². The maximum absolute atomic E-state index is 12.8. The molecular weight excluding hydrogens is 330 g/mol. The van der Waals surface area contributed by atoms with E-state index in [1.54, 1.807) is 16.9 Å². The number of carbonyl (C=O) groups is 1. The molecule has 0 aromatic carbocycles. The number of hydrogen-bond acceptors (Lipinski definition) is 4. The van der Waals surface area contributed by atoms with E-state index >= 15 is 0 Å². The van der Waals surface area contributed by atoms with Gasteiger partial charge < -0.3 is 10.3 Å². The molecule has 7 nitrogen and oxygen atoms in total. The number of amides is 1. The quantitative estimate of drug-likeness (QED) is 0.754. The molecule has 1 amide bonds. The lowest BCUT2D eigenvalue weighted by atomic mass is 10.1. The molecule has 0 saturated heterocycles. The Bertz CT molecular complexity index is 1050. The van der Waals surface area contributed by atoms with Crippen molar-refractivity contribution in [3.63, 3.8) is 0 Å². The lowest BCUT2D eigenvalue weighted by Gasteiger charge is -2.10. The van der Waals surface area contributed by atoms with E-state index in [4.69, 9.17) is 0 Å². The number of hydrogen-bond donors (Lipinski definition) is 2. The third kappa shape index (κ3) is 3.24. The van der Waals surface area contributed by atoms with Crippen LogP contribution >= 0.6 is 0 Å². The topological polar surface area (TPSA) is 92.7 Å². The number of fused-ring (bicyclic) bond motifs is 1. The molecule has 0 atom stereocenters. The SMILES string of the molecule is Cc1cc(C(=O)NCc2c(C)cc(C)[nH]c2=O)c2cnn(C(C)C)c2n1. The highest BCUT2D eigenvalue weighted by atomic mass is 16.1. The zero-order valence-corrected chi connectivity index (χ0v) is 15.7. The Morgan fingerprint density at radius 2 is 2.00 bits per heavy atom. The summed E-state index contributed by atoms with van der Waals surface area (Å²) in [4.78, 5) is 32.2. The molecule has 3 aromatic rings. The van der Waals surface area contributed by atoms with Crippen LogP contribution in [0.25, 0.3) is 11.0 Å². The summed E-state index contributed by atoms with van der Waals surface area (Å²) in [5.41, 5.74) is 3.99. The van der Waals surface area contributed by atoms with Gasteiger partial charge in [-0.3, -0.25) is 9.59 Å². The summed E-state index contributed by atoms with van der Waals surface area (Å²) >= 11 is 0. The third-order valence-corrected chi connectivity index (χ3v) is 4.35. The molecule has 0 spiro atoms. The number of nitrogens with one attached hydrogen (secondary N) is 2. The highest BCUT2D eigenvalue weighted by Crippen LogP contribution is 2.21. The van der Waals surface area contributed by atoms with Gasteiger partial charge in [0.25, 0.3) is 11.5 Å². The Kier molecular flexibility index (Phi) is 4.63. The Morgan fingerprint density at radius 1 is 1.27 bits per heavy atom. The minimum atomic E-state index is -0.247. The number of aromatic nitrogens is 4. The van der Waals surface area contributed by atoms with Crippen LogP contribution in [-0.2, 0) is 6.54 Å². The van der Waals surface area contributed by atoms with Gasteiger partial charge >= 0.3 is 0 Å². The summed E-state index contributed by atoms with van der Waals surface area (Å²) in [6, 6.07) is 3.78. The molecule has 7 heteroatoms. The van der Waals surface area contributed by atoms with Crippen molar-refractivity contribution in [2.45, 2.75) is 47.2 Å². The molecule has 0 aliphatic carbocycles. The number of carbonyl (C=O) groups excluding carboxylic acids is 1. The van der Waals surface area contributed by atoms with Crippen LogP contribution in [0.3, 0.4) is 0 Å². The molecule has 0 fully saturated rings. The van der Waals surface area contributed by atoms with Gasteiger partial charge in [0.1, 0.15) is 0 Å². The largest absolute Gasteiger partial charge is 0.348 e. The van der Waals surface area contributed by atoms with E-state index in [2.05, 4.69) is 20.4 Å². The van der Waals surface area contributed by atoms with Crippen molar-refractivity contribution < 1.29 is 4.79 Å². The first-order chi connectivity index (χ1) is 12.3. The van der Waals surface area contributed by atoms with E-state index in [1.807, 2.05) is 40.7 Å². The molecule has 3 rings (SSSR count). The van der Waals surface area contributed by atoms with Crippen molar-refractivity contribution in [1.82, 2.24) is 25.1 Å². The average molecular weight is 353 g/mol. The van der Waals surface area contributed by atoms with E-state index in [-0.39, 0.29) is 24.1 Å². The summed E-state index contributed by atoms with van der Waals surface area (Å²) in [6.07, 6.45) is 1.67. The molecular formula is C19H23N5O2. The summed E-state index contributed by atoms with van der Waals surface area (Å²) in [5.74, 6) is -0.247. The predicted molar refractivity (Wildman–Crippen MR) is 100 cm³/mol. The number of nitrogens with zero attached hydrogens (tertiary/aromatic N) is 3. The summed E-state index contributed by atoms with van der Waals surface area (Å²) in [5, 5.41) is 7.91. The predicted octanol–water partition coefficient (Wildman–Crippen LogP) is 2.56. The second-order valence-electron chi connectivity index (χ2n) is 6.86. The first kappa shape index (κ1) is 17.8. The zero-order valence-electron chi connectivity index (χ0n) is 15.7. The fourth-order valence-electron chi connectivity index (χ4n) is 3.07. The van der Waals surface area contributed by atoms with Crippen molar-refractivity contribution >= 4 is 16.9 Å². The van der Waals surface area contributed by atoms with Gasteiger partial charge in [-0.05, 0) is 52.3 Å². The Balaban J connectivity index is 1.93. The van der Waals surface area contributed by atoms with Crippen LogP contribution in [0.2, 0.25) is 0 Å². The van der Waals surface area contributed by atoms with Gasteiger partial charge in [0.05, 0.1) is 17.1 Å². The van der Waals surface area contributed by atoms with Crippen molar-refractivity contribution in [2.24, 2.45) is 0 Å². The summed E-state index contributed by atoms with van der Waals surface area (Å²) < 4.78 is 1.80. The third-order valence-electron chi connectivity index (χ3n) is 4.35. The molecule has 136 valence electrons. The molecule has 0 radical (unpaired) electrons. The van der Waals surface area contributed by atoms with Crippen LogP contribution in [0, 0.1) is 20.8 Å². The van der Waals surface area contributed by atoms with Crippen LogP contribution in [0.5, 0.6) is 0 Å². The van der Waals surface area contributed by atoms with Crippen LogP contribution in [0.1, 0.15) is 52.8 Å². The molecule has 0 unspecified atom stereocenters. The molecule has 0 bridgehead atoms. The maximum Gasteiger partial charge on any atom is 0.253 e. The lowest BCUT2D eigenvalue weighted by Crippen LogP contribution is -2.28. The van der Waals surface area contributed by atoms with Gasteiger partial charge in [-0.25, -0.2) is 9.67 Å². The van der Waals surface area contributed by atoms with Gasteiger partial charge in [0.2, 0.25) is 0 Å². The Morgan fingerprint density at radius 3 is 2.65 bits per heavy atom. The first-order valence-electron chi connectivity index (χ1n) is 8.60. The summed E-state index contributed by atoms with van der Waals surface area (Å²) in [6.45, 7) is 9.75. The van der Waals surface area contributed by atoms with E-state index in [9.17, 15) is 9.59 Å². The molecule has 0 aliphatic rings. The van der Waals surface area contributed by atoms with Gasteiger partial charge in [0.15, 0.2) is 5.65 Å². The van der Waals surface area contributed by atoms with Crippen molar-refractivity contribution in [1.29, 1.82) is 0 Å². The van der Waals surface area contributed by atoms with E-state index in [1.165, 1.54) is 0 Å². The average Bonchev–Trinajstić information content (AvgIpc) is 2.96. The smallest absolute Gasteiger partial charge is 0.253 e. The van der Waals surface area contributed by atoms with E-state index in [0.717, 1.165) is 17.0 Å². The van der Waals surface area contributed by atoms with Gasteiger partial charge in [-0.1, -0.05) is 0 Å². The van der Waals surface area contributed by atoms with Crippen LogP contribution in [0.15, 0.2) is 23.1 Å². The molecule has 3 aromatic heterocycles. The zero-order chi connectivity index (χ0) is 19.0. The normalized spacial score (nSPS) is 11.3. The maximum atomic E-state index is 12.8. The monoisotopic (exact) mass is 353 g/mol. The summed E-state index contributed by atoms with van der Waals surface area (Å²) in [7, 11) is 0. The minimum absolute atomic E-state index is 0.145. The fourth-order valence-corrected chi connectivity index (χ4v) is 3.07. The number of aromatic amines is 1. The van der Waals surface area contributed by atoms with Crippen LogP contribution in [-0.4, -0.2) is 25.7 Å². The fraction of sp³-hybridized carbons (Fsp3) is 0.368. The molecule has 0 aliphatic heterocycles. The standard InChI is InChI=1S/C19H23N5O2/c1-10(2)24-17-16(9-21-24)14(7-13(5)22-17)18(25)20-8-15-11(3)6-12(4)23-19(15)26/h6-7,9-10H,8H2,1-5H3,(H,20,25)(H,23,26). The molecule has 2 N–H and O–H groups in total. The van der Waals surface area contributed by atoms with Crippen LogP contribution < -0.4 is 10.9 Å². The van der Waals surface area contributed by atoms with E-state index < -0.39 is 0 Å². The second kappa shape index (κ2) is 6.74. The van der Waals surface area contributed by atoms with Gasteiger partial charge in [0, 0.05) is 29.5 Å². The Labute approximate surface area is 151 Å². The van der Waals surface area contributed by atoms with Gasteiger partial charge in [-0.2, -0.15) is 5.10 Å². The second-order valence-corrected chi connectivity index (χ2v) is 6.86. The molecule has 0 saturated carbocycles. The minimum Gasteiger partial charge on any atom is -0.348 e. The molecule has 3 heterocycles. The molecule has 26 heavy (non-hydrogen) atoms.